The normalized spacial score (nSPS) is 12.5. The van der Waals surface area contributed by atoms with Crippen LogP contribution in [-0.4, -0.2) is 33.0 Å². The van der Waals surface area contributed by atoms with Gasteiger partial charge in [-0.15, -0.1) is 0 Å². The van der Waals surface area contributed by atoms with E-state index in [0.717, 1.165) is 12.8 Å². The minimum absolute atomic E-state index is 0.141. The van der Waals surface area contributed by atoms with E-state index in [1.807, 2.05) is 12.1 Å². The van der Waals surface area contributed by atoms with Gasteiger partial charge in [0.25, 0.3) is 0 Å². The first kappa shape index (κ1) is 20.7. The Morgan fingerprint density at radius 3 is 2.56 bits per heavy atom. The Morgan fingerprint density at radius 2 is 1.92 bits per heavy atom. The maximum atomic E-state index is 12.4. The second-order valence-corrected chi connectivity index (χ2v) is 7.36. The molecule has 0 bridgehead atoms. The van der Waals surface area contributed by atoms with Crippen LogP contribution in [0.4, 0.5) is 4.79 Å². The second kappa shape index (κ2) is 11.3. The van der Waals surface area contributed by atoms with Crippen LogP contribution >= 0.6 is 0 Å². The van der Waals surface area contributed by atoms with Crippen LogP contribution < -0.4 is 0 Å². The van der Waals surface area contributed by atoms with Gasteiger partial charge in [-0.25, -0.2) is 13.2 Å². The van der Waals surface area contributed by atoms with Crippen LogP contribution in [0.15, 0.2) is 47.4 Å². The number of unbranched alkanes of at least 4 members (excludes halogenated alkanes) is 2. The summed E-state index contributed by atoms with van der Waals surface area (Å²) in [6.45, 7) is 2.11. The zero-order valence-electron chi connectivity index (χ0n) is 14.3. The summed E-state index contributed by atoms with van der Waals surface area (Å²) in [5, 5.41) is 8.15. The molecule has 0 N–H and O–H groups in total. The van der Waals surface area contributed by atoms with Gasteiger partial charge in [0.15, 0.2) is 15.1 Å². The predicted octanol–water partition coefficient (Wildman–Crippen LogP) is 3.64. The first-order valence-corrected chi connectivity index (χ1v) is 9.70. The number of ether oxygens (including phenoxy) is 2. The van der Waals surface area contributed by atoms with Gasteiger partial charge in [0.2, 0.25) is 0 Å². The summed E-state index contributed by atoms with van der Waals surface area (Å²) < 4.78 is 34.2. The van der Waals surface area contributed by atoms with Crippen LogP contribution in [-0.2, 0) is 19.3 Å². The van der Waals surface area contributed by atoms with Crippen LogP contribution in [0, 0.1) is 11.3 Å². The van der Waals surface area contributed by atoms with E-state index in [2.05, 4.69) is 4.74 Å². The molecule has 0 aliphatic carbocycles. The molecule has 1 aromatic carbocycles. The van der Waals surface area contributed by atoms with E-state index in [4.69, 9.17) is 4.74 Å². The smallest absolute Gasteiger partial charge is 0.435 e. The second-order valence-electron chi connectivity index (χ2n) is 5.23. The van der Waals surface area contributed by atoms with Crippen molar-refractivity contribution in [2.75, 3.05) is 13.2 Å². The van der Waals surface area contributed by atoms with E-state index in [0.29, 0.717) is 12.8 Å². The molecule has 0 aliphatic rings. The summed E-state index contributed by atoms with van der Waals surface area (Å²) in [6.07, 6.45) is 5.24. The molecule has 1 atom stereocenters. The van der Waals surface area contributed by atoms with E-state index in [-0.39, 0.29) is 18.1 Å². The zero-order valence-corrected chi connectivity index (χ0v) is 15.1. The largest absolute Gasteiger partial charge is 0.508 e. The summed E-state index contributed by atoms with van der Waals surface area (Å²) in [7, 11) is -3.62. The Labute approximate surface area is 149 Å². The molecule has 1 unspecified atom stereocenters. The van der Waals surface area contributed by atoms with Crippen LogP contribution in [0.1, 0.15) is 32.6 Å². The number of nitriles is 1. The number of carbonyl (C=O) groups excluding carboxylic acids is 1. The topological polar surface area (TPSA) is 93.5 Å². The van der Waals surface area contributed by atoms with E-state index in [9.17, 15) is 18.5 Å². The molecule has 7 heteroatoms. The van der Waals surface area contributed by atoms with Crippen LogP contribution in [0.5, 0.6) is 0 Å². The van der Waals surface area contributed by atoms with Crippen molar-refractivity contribution < 1.29 is 22.7 Å². The summed E-state index contributed by atoms with van der Waals surface area (Å²) in [6, 6.07) is 9.93. The molecule has 0 aromatic heterocycles. The highest BCUT2D eigenvalue weighted by atomic mass is 32.2. The van der Waals surface area contributed by atoms with E-state index in [1.165, 1.54) is 12.1 Å². The van der Waals surface area contributed by atoms with Crippen molar-refractivity contribution >= 4 is 16.0 Å². The van der Waals surface area contributed by atoms with Crippen LogP contribution in [0.25, 0.3) is 0 Å². The highest BCUT2D eigenvalue weighted by Crippen LogP contribution is 2.19. The number of nitrogens with zero attached hydrogens (tertiary/aromatic N) is 1. The number of allylic oxidation sites excluding steroid dienone is 1. The third-order valence-corrected chi connectivity index (χ3v) is 5.42. The summed E-state index contributed by atoms with van der Waals surface area (Å²) in [5.41, 5.74) is 0. The summed E-state index contributed by atoms with van der Waals surface area (Å²) in [4.78, 5) is 11.1. The van der Waals surface area contributed by atoms with Crippen molar-refractivity contribution in [2.24, 2.45) is 0 Å². The van der Waals surface area contributed by atoms with Gasteiger partial charge in [0.1, 0.15) is 6.61 Å². The number of hydrogen-bond acceptors (Lipinski definition) is 6. The van der Waals surface area contributed by atoms with Gasteiger partial charge in [-0.2, -0.15) is 5.26 Å². The molecule has 1 aromatic rings. The molecule has 0 heterocycles. The molecule has 0 spiro atoms. The van der Waals surface area contributed by atoms with Crippen molar-refractivity contribution in [3.05, 3.63) is 42.5 Å². The van der Waals surface area contributed by atoms with Gasteiger partial charge < -0.3 is 9.47 Å². The molecule has 0 radical (unpaired) electrons. The average molecular weight is 365 g/mol. The molecule has 1 rings (SSSR count). The minimum Gasteiger partial charge on any atom is -0.435 e. The fourth-order valence-electron chi connectivity index (χ4n) is 2.12. The number of benzene rings is 1. The van der Waals surface area contributed by atoms with Crippen molar-refractivity contribution in [3.63, 3.8) is 0 Å². The summed E-state index contributed by atoms with van der Waals surface area (Å²) in [5.74, 6) is 0. The molecule has 0 fully saturated rings. The Morgan fingerprint density at radius 1 is 1.20 bits per heavy atom. The highest BCUT2D eigenvalue weighted by molar-refractivity contribution is 7.92. The molecule has 0 aliphatic heterocycles. The van der Waals surface area contributed by atoms with Gasteiger partial charge >= 0.3 is 6.16 Å². The fourth-order valence-corrected chi connectivity index (χ4v) is 3.60. The molecular weight excluding hydrogens is 342 g/mol. The average Bonchev–Trinajstić information content (AvgIpc) is 2.61. The van der Waals surface area contributed by atoms with Crippen molar-refractivity contribution in [1.29, 1.82) is 5.26 Å². The molecule has 25 heavy (non-hydrogen) atoms. The SMILES string of the molecule is CCOC(=O)OC/C=C/CCCCC(C#N)S(=O)(=O)c1ccccc1. The van der Waals surface area contributed by atoms with Crippen LogP contribution in [0.2, 0.25) is 0 Å². The lowest BCUT2D eigenvalue weighted by molar-refractivity contribution is 0.0673. The third kappa shape index (κ3) is 7.40. The first-order chi connectivity index (χ1) is 12.0. The van der Waals surface area contributed by atoms with Gasteiger partial charge in [-0.3, -0.25) is 0 Å². The number of sulfone groups is 1. The van der Waals surface area contributed by atoms with Gasteiger partial charge in [0, 0.05) is 0 Å². The summed E-state index contributed by atoms with van der Waals surface area (Å²) >= 11 is 0. The number of carbonyl (C=O) groups is 1. The minimum atomic E-state index is -3.62. The first-order valence-electron chi connectivity index (χ1n) is 8.15. The van der Waals surface area contributed by atoms with Crippen LogP contribution in [0.3, 0.4) is 0 Å². The predicted molar refractivity (Wildman–Crippen MR) is 93.6 cm³/mol. The van der Waals surface area contributed by atoms with Crippen molar-refractivity contribution in [3.8, 4) is 6.07 Å². The van der Waals surface area contributed by atoms with Gasteiger partial charge in [-0.05, 0) is 38.3 Å². The molecule has 6 nitrogen and oxygen atoms in total. The Hall–Kier alpha value is -2.33. The molecular formula is C18H23NO5S. The van der Waals surface area contributed by atoms with Gasteiger partial charge in [0.05, 0.1) is 17.6 Å². The lowest BCUT2D eigenvalue weighted by Gasteiger charge is -2.10. The monoisotopic (exact) mass is 365 g/mol. The standard InChI is InChI=1S/C18H23NO5S/c1-2-23-18(20)24-14-10-5-3-4-7-13-17(15-19)25(21,22)16-11-8-6-9-12-16/h5-6,8-12,17H,2-4,7,13-14H2,1H3/b10-5+. The quantitative estimate of drug-likeness (QED) is 0.357. The lowest BCUT2D eigenvalue weighted by Crippen LogP contribution is -2.19. The maximum absolute atomic E-state index is 12.4. The number of hydrogen-bond donors (Lipinski definition) is 0. The van der Waals surface area contributed by atoms with Crippen molar-refractivity contribution in [1.82, 2.24) is 0 Å². The van der Waals surface area contributed by atoms with E-state index in [1.54, 1.807) is 31.2 Å². The highest BCUT2D eigenvalue weighted by Gasteiger charge is 2.26. The molecule has 136 valence electrons. The Kier molecular flexibility index (Phi) is 9.33. The third-order valence-electron chi connectivity index (χ3n) is 3.40. The van der Waals surface area contributed by atoms with E-state index >= 15 is 0 Å². The molecule has 0 saturated carbocycles. The Bertz CT molecular complexity index is 692. The van der Waals surface area contributed by atoms with E-state index < -0.39 is 21.2 Å². The van der Waals surface area contributed by atoms with Gasteiger partial charge in [-0.1, -0.05) is 36.8 Å². The molecule has 0 saturated heterocycles. The zero-order chi connectivity index (χ0) is 18.5. The maximum Gasteiger partial charge on any atom is 0.508 e. The number of rotatable bonds is 10. The van der Waals surface area contributed by atoms with Crippen molar-refractivity contribution in [2.45, 2.75) is 42.8 Å². The fraction of sp³-hybridized carbons (Fsp3) is 0.444. The lowest BCUT2D eigenvalue weighted by atomic mass is 10.1. The Balaban J connectivity index is 2.32. The molecule has 0 amide bonds.